The van der Waals surface area contributed by atoms with Gasteiger partial charge in [-0.3, -0.25) is 0 Å². The van der Waals surface area contributed by atoms with Crippen molar-refractivity contribution in [2.24, 2.45) is 0 Å². The molecule has 0 spiro atoms. The predicted molar refractivity (Wildman–Crippen MR) is 65.1 cm³/mol. The normalized spacial score (nSPS) is 10.4. The van der Waals surface area contributed by atoms with Gasteiger partial charge in [0.2, 0.25) is 0 Å². The van der Waals surface area contributed by atoms with E-state index in [2.05, 4.69) is 5.32 Å². The number of unbranched alkanes of at least 4 members (excludes halogenated alkanes) is 1. The van der Waals surface area contributed by atoms with Gasteiger partial charge in [-0.2, -0.15) is 0 Å². The van der Waals surface area contributed by atoms with Crippen molar-refractivity contribution in [3.63, 3.8) is 0 Å². The van der Waals surface area contributed by atoms with Crippen molar-refractivity contribution >= 4 is 11.4 Å². The maximum Gasteiger partial charge on any atom is 0.128 e. The van der Waals surface area contributed by atoms with Crippen LogP contribution in [-0.2, 0) is 4.74 Å². The molecule has 0 radical (unpaired) electrons. The van der Waals surface area contributed by atoms with Gasteiger partial charge in [-0.1, -0.05) is 0 Å². The van der Waals surface area contributed by atoms with Crippen LogP contribution in [0, 0.1) is 12.7 Å². The van der Waals surface area contributed by atoms with Crippen molar-refractivity contribution in [1.29, 1.82) is 0 Å². The Morgan fingerprint density at radius 2 is 2.12 bits per heavy atom. The maximum atomic E-state index is 13.1. The second-order valence-corrected chi connectivity index (χ2v) is 3.82. The Bertz CT molecular complexity index is 342. The zero-order valence-electron chi connectivity index (χ0n) is 9.85. The minimum Gasteiger partial charge on any atom is -0.397 e. The van der Waals surface area contributed by atoms with Crippen LogP contribution in [-0.4, -0.2) is 20.3 Å². The van der Waals surface area contributed by atoms with Gasteiger partial charge in [0.15, 0.2) is 0 Å². The highest BCUT2D eigenvalue weighted by Crippen LogP contribution is 2.22. The fraction of sp³-hybridized carbons (Fsp3) is 0.500. The number of anilines is 2. The lowest BCUT2D eigenvalue weighted by molar-refractivity contribution is 0.194. The highest BCUT2D eigenvalue weighted by atomic mass is 19.1. The molecule has 0 aliphatic rings. The summed E-state index contributed by atoms with van der Waals surface area (Å²) in [4.78, 5) is 0. The third kappa shape index (κ3) is 3.70. The van der Waals surface area contributed by atoms with Crippen LogP contribution in [0.1, 0.15) is 18.4 Å². The number of nitrogens with one attached hydrogen (secondary N) is 1. The minimum absolute atomic E-state index is 0.262. The molecule has 0 saturated carbocycles. The van der Waals surface area contributed by atoms with Crippen LogP contribution < -0.4 is 11.1 Å². The molecule has 16 heavy (non-hydrogen) atoms. The van der Waals surface area contributed by atoms with Gasteiger partial charge >= 0.3 is 0 Å². The van der Waals surface area contributed by atoms with Crippen molar-refractivity contribution in [3.8, 4) is 0 Å². The molecule has 1 rings (SSSR count). The Morgan fingerprint density at radius 1 is 1.38 bits per heavy atom. The highest BCUT2D eigenvalue weighted by molar-refractivity contribution is 5.67. The van der Waals surface area contributed by atoms with Gasteiger partial charge in [0.25, 0.3) is 0 Å². The number of hydrogen-bond donors (Lipinski definition) is 2. The van der Waals surface area contributed by atoms with Crippen molar-refractivity contribution in [1.82, 2.24) is 0 Å². The molecule has 0 aliphatic heterocycles. The standard InChI is InChI=1S/C12H19FN2O/c1-9-7-12(11(14)8-10(9)13)15-5-3-4-6-16-2/h7-8,15H,3-6,14H2,1-2H3. The van der Waals surface area contributed by atoms with Crippen molar-refractivity contribution in [3.05, 3.63) is 23.5 Å². The number of halogens is 1. The fourth-order valence-electron chi connectivity index (χ4n) is 1.44. The Morgan fingerprint density at radius 3 is 2.81 bits per heavy atom. The Balaban J connectivity index is 2.45. The summed E-state index contributed by atoms with van der Waals surface area (Å²) < 4.78 is 18.1. The largest absolute Gasteiger partial charge is 0.397 e. The second kappa shape index (κ2) is 6.33. The van der Waals surface area contributed by atoms with E-state index in [9.17, 15) is 4.39 Å². The molecule has 0 atom stereocenters. The summed E-state index contributed by atoms with van der Waals surface area (Å²) >= 11 is 0. The number of rotatable bonds is 6. The highest BCUT2D eigenvalue weighted by Gasteiger charge is 2.03. The van der Waals surface area contributed by atoms with Crippen LogP contribution in [0.2, 0.25) is 0 Å². The average Bonchev–Trinajstić information content (AvgIpc) is 2.25. The SMILES string of the molecule is COCCCCNc1cc(C)c(F)cc1N. The van der Waals surface area contributed by atoms with Gasteiger partial charge in [-0.15, -0.1) is 0 Å². The number of nitrogen functional groups attached to an aromatic ring is 1. The summed E-state index contributed by atoms with van der Waals surface area (Å²) in [6, 6.07) is 3.09. The second-order valence-electron chi connectivity index (χ2n) is 3.82. The molecule has 1 aromatic rings. The first-order chi connectivity index (χ1) is 7.65. The Hall–Kier alpha value is -1.29. The lowest BCUT2D eigenvalue weighted by Crippen LogP contribution is -2.06. The number of nitrogens with two attached hydrogens (primary N) is 1. The molecule has 3 N–H and O–H groups in total. The smallest absolute Gasteiger partial charge is 0.128 e. The molecule has 0 bridgehead atoms. The first-order valence-electron chi connectivity index (χ1n) is 5.43. The van der Waals surface area contributed by atoms with Gasteiger partial charge in [0, 0.05) is 20.3 Å². The van der Waals surface area contributed by atoms with Crippen molar-refractivity contribution in [2.75, 3.05) is 31.3 Å². The van der Waals surface area contributed by atoms with E-state index in [1.165, 1.54) is 6.07 Å². The molecule has 0 aromatic heterocycles. The van der Waals surface area contributed by atoms with Gasteiger partial charge in [-0.05, 0) is 37.5 Å². The zero-order valence-corrected chi connectivity index (χ0v) is 9.85. The van der Waals surface area contributed by atoms with Crippen LogP contribution >= 0.6 is 0 Å². The Kier molecular flexibility index (Phi) is 5.05. The quantitative estimate of drug-likeness (QED) is 0.579. The molecule has 0 fully saturated rings. The molecule has 0 aliphatic carbocycles. The third-order valence-electron chi connectivity index (χ3n) is 2.42. The lowest BCUT2D eigenvalue weighted by atomic mass is 10.1. The monoisotopic (exact) mass is 226 g/mol. The van der Waals surface area contributed by atoms with E-state index < -0.39 is 0 Å². The predicted octanol–water partition coefficient (Wildman–Crippen LogP) is 2.55. The Labute approximate surface area is 95.8 Å². The maximum absolute atomic E-state index is 13.1. The van der Waals surface area contributed by atoms with Gasteiger partial charge < -0.3 is 15.8 Å². The summed E-state index contributed by atoms with van der Waals surface area (Å²) in [6.07, 6.45) is 2.01. The minimum atomic E-state index is -0.262. The molecule has 0 amide bonds. The van der Waals surface area contributed by atoms with E-state index in [0.29, 0.717) is 11.3 Å². The van der Waals surface area contributed by atoms with Crippen LogP contribution in [0.3, 0.4) is 0 Å². The average molecular weight is 226 g/mol. The molecule has 3 nitrogen and oxygen atoms in total. The fourth-order valence-corrected chi connectivity index (χ4v) is 1.44. The van der Waals surface area contributed by atoms with E-state index in [0.717, 1.165) is 31.7 Å². The van der Waals surface area contributed by atoms with Gasteiger partial charge in [0.05, 0.1) is 11.4 Å². The van der Waals surface area contributed by atoms with E-state index in [4.69, 9.17) is 10.5 Å². The summed E-state index contributed by atoms with van der Waals surface area (Å²) in [5.74, 6) is -0.262. The molecule has 90 valence electrons. The number of hydrogen-bond acceptors (Lipinski definition) is 3. The van der Waals surface area contributed by atoms with E-state index >= 15 is 0 Å². The topological polar surface area (TPSA) is 47.3 Å². The van der Waals surface area contributed by atoms with E-state index in [1.807, 2.05) is 0 Å². The first kappa shape index (κ1) is 12.8. The molecule has 4 heteroatoms. The molecule has 0 heterocycles. The van der Waals surface area contributed by atoms with Gasteiger partial charge in [0.1, 0.15) is 5.82 Å². The summed E-state index contributed by atoms with van der Waals surface area (Å²) in [5.41, 5.74) is 7.56. The summed E-state index contributed by atoms with van der Waals surface area (Å²) in [6.45, 7) is 3.31. The molecule has 1 aromatic carbocycles. The first-order valence-corrected chi connectivity index (χ1v) is 5.43. The third-order valence-corrected chi connectivity index (χ3v) is 2.42. The van der Waals surface area contributed by atoms with Crippen LogP contribution in [0.25, 0.3) is 0 Å². The van der Waals surface area contributed by atoms with E-state index in [1.54, 1.807) is 20.1 Å². The van der Waals surface area contributed by atoms with Gasteiger partial charge in [-0.25, -0.2) is 4.39 Å². The molecular weight excluding hydrogens is 207 g/mol. The van der Waals surface area contributed by atoms with Crippen LogP contribution in [0.4, 0.5) is 15.8 Å². The molecule has 0 saturated heterocycles. The summed E-state index contributed by atoms with van der Waals surface area (Å²) in [5, 5.41) is 3.19. The molecular formula is C12H19FN2O. The number of ether oxygens (including phenoxy) is 1. The number of aryl methyl sites for hydroxylation is 1. The van der Waals surface area contributed by atoms with E-state index in [-0.39, 0.29) is 5.82 Å². The molecule has 0 unspecified atom stereocenters. The van der Waals surface area contributed by atoms with Crippen LogP contribution in [0.5, 0.6) is 0 Å². The summed E-state index contributed by atoms with van der Waals surface area (Å²) in [7, 11) is 1.69. The van der Waals surface area contributed by atoms with Crippen molar-refractivity contribution in [2.45, 2.75) is 19.8 Å². The van der Waals surface area contributed by atoms with Crippen LogP contribution in [0.15, 0.2) is 12.1 Å². The number of benzene rings is 1. The lowest BCUT2D eigenvalue weighted by Gasteiger charge is -2.10. The number of methoxy groups -OCH3 is 1. The van der Waals surface area contributed by atoms with Crippen molar-refractivity contribution < 1.29 is 9.13 Å². The zero-order chi connectivity index (χ0) is 12.0.